The van der Waals surface area contributed by atoms with Crippen molar-refractivity contribution >= 4 is 29.2 Å². The third-order valence-corrected chi connectivity index (χ3v) is 3.77. The Hall–Kier alpha value is -2.48. The highest BCUT2D eigenvalue weighted by molar-refractivity contribution is 7.07. The molecule has 0 saturated carbocycles. The normalized spacial score (nSPS) is 10.2. The Balaban J connectivity index is 1.74. The molecule has 0 aliphatic heterocycles. The Kier molecular flexibility index (Phi) is 6.04. The van der Waals surface area contributed by atoms with E-state index >= 15 is 0 Å². The van der Waals surface area contributed by atoms with Crippen LogP contribution in [0.2, 0.25) is 0 Å². The third-order valence-electron chi connectivity index (χ3n) is 3.04. The minimum Gasteiger partial charge on any atom is -0.454 e. The van der Waals surface area contributed by atoms with E-state index in [2.05, 4.69) is 9.97 Å². The third kappa shape index (κ3) is 5.33. The second-order valence-electron chi connectivity index (χ2n) is 4.95. The first kappa shape index (κ1) is 16.9. The van der Waals surface area contributed by atoms with Gasteiger partial charge in [0.2, 0.25) is 5.95 Å². The monoisotopic (exact) mass is 334 g/mol. The number of hydrogen-bond donors (Lipinski definition) is 0. The number of nitrogens with zero attached hydrogens (tertiary/aromatic N) is 4. The van der Waals surface area contributed by atoms with Crippen LogP contribution in [0.5, 0.6) is 0 Å². The van der Waals surface area contributed by atoms with Crippen molar-refractivity contribution < 1.29 is 14.3 Å². The van der Waals surface area contributed by atoms with E-state index in [-0.39, 0.29) is 19.1 Å². The molecule has 0 aliphatic carbocycles. The summed E-state index contributed by atoms with van der Waals surface area (Å²) in [5.74, 6) is -0.328. The van der Waals surface area contributed by atoms with Crippen LogP contribution in [0, 0.1) is 0 Å². The van der Waals surface area contributed by atoms with Gasteiger partial charge >= 0.3 is 5.97 Å². The smallest absolute Gasteiger partial charge is 0.326 e. The Labute approximate surface area is 138 Å². The van der Waals surface area contributed by atoms with Gasteiger partial charge in [0.25, 0.3) is 5.91 Å². The first-order valence-corrected chi connectivity index (χ1v) is 7.89. The SMILES string of the molecule is CN(Cc1ccsc1)C(=O)COC(=O)CN(C)c1ncccn1. The number of ether oxygens (including phenoxy) is 1. The number of likely N-dealkylation sites (N-methyl/N-ethyl adjacent to an activating group) is 2. The largest absolute Gasteiger partial charge is 0.454 e. The van der Waals surface area contributed by atoms with Gasteiger partial charge in [0.05, 0.1) is 0 Å². The van der Waals surface area contributed by atoms with Crippen molar-refractivity contribution in [2.45, 2.75) is 6.54 Å². The topological polar surface area (TPSA) is 75.6 Å². The number of anilines is 1. The van der Waals surface area contributed by atoms with Crippen molar-refractivity contribution in [1.82, 2.24) is 14.9 Å². The molecule has 7 nitrogen and oxygen atoms in total. The maximum absolute atomic E-state index is 11.9. The fourth-order valence-electron chi connectivity index (χ4n) is 1.80. The van der Waals surface area contributed by atoms with Crippen LogP contribution in [0.15, 0.2) is 35.3 Å². The number of carbonyl (C=O) groups is 2. The average Bonchev–Trinajstić information content (AvgIpc) is 3.06. The van der Waals surface area contributed by atoms with Gasteiger partial charge in [-0.25, -0.2) is 9.97 Å². The second-order valence-corrected chi connectivity index (χ2v) is 5.73. The first-order valence-electron chi connectivity index (χ1n) is 6.95. The van der Waals surface area contributed by atoms with Crippen LogP contribution < -0.4 is 4.90 Å². The molecule has 23 heavy (non-hydrogen) atoms. The summed E-state index contributed by atoms with van der Waals surface area (Å²) in [6.07, 6.45) is 3.18. The van der Waals surface area contributed by atoms with E-state index in [0.717, 1.165) is 5.56 Å². The summed E-state index contributed by atoms with van der Waals surface area (Å²) < 4.78 is 5.01. The molecular weight excluding hydrogens is 316 g/mol. The fraction of sp³-hybridized carbons (Fsp3) is 0.333. The molecule has 0 radical (unpaired) electrons. The van der Waals surface area contributed by atoms with E-state index in [4.69, 9.17) is 4.74 Å². The standard InChI is InChI=1S/C15H18N4O3S/c1-18(8-12-4-7-23-11-12)13(20)10-22-14(21)9-19(2)15-16-5-3-6-17-15/h3-7,11H,8-10H2,1-2H3. The molecular formula is C15H18N4O3S. The maximum Gasteiger partial charge on any atom is 0.326 e. The van der Waals surface area contributed by atoms with Crippen LogP contribution in [0.25, 0.3) is 0 Å². The molecule has 0 N–H and O–H groups in total. The Morgan fingerprint density at radius 2 is 2.00 bits per heavy atom. The number of rotatable bonds is 7. The molecule has 0 unspecified atom stereocenters. The molecule has 0 aromatic carbocycles. The Bertz CT molecular complexity index is 633. The van der Waals surface area contributed by atoms with E-state index in [1.807, 2.05) is 16.8 Å². The lowest BCUT2D eigenvalue weighted by Gasteiger charge is -2.18. The van der Waals surface area contributed by atoms with Gasteiger partial charge in [-0.2, -0.15) is 11.3 Å². The van der Waals surface area contributed by atoms with E-state index < -0.39 is 5.97 Å². The fourth-order valence-corrected chi connectivity index (χ4v) is 2.46. The van der Waals surface area contributed by atoms with E-state index in [1.54, 1.807) is 48.8 Å². The zero-order valence-electron chi connectivity index (χ0n) is 13.0. The van der Waals surface area contributed by atoms with Crippen molar-refractivity contribution in [3.8, 4) is 0 Å². The highest BCUT2D eigenvalue weighted by atomic mass is 32.1. The number of thiophene rings is 1. The van der Waals surface area contributed by atoms with Crippen molar-refractivity contribution in [1.29, 1.82) is 0 Å². The van der Waals surface area contributed by atoms with E-state index in [9.17, 15) is 9.59 Å². The lowest BCUT2D eigenvalue weighted by atomic mass is 10.3. The molecule has 2 heterocycles. The summed E-state index contributed by atoms with van der Waals surface area (Å²) in [6, 6.07) is 3.65. The van der Waals surface area contributed by atoms with Gasteiger partial charge in [0.15, 0.2) is 6.61 Å². The van der Waals surface area contributed by atoms with E-state index in [1.165, 1.54) is 4.90 Å². The zero-order valence-corrected chi connectivity index (χ0v) is 13.8. The van der Waals surface area contributed by atoms with Gasteiger partial charge in [-0.1, -0.05) is 0 Å². The van der Waals surface area contributed by atoms with Crippen molar-refractivity contribution in [2.24, 2.45) is 0 Å². The Morgan fingerprint density at radius 1 is 1.26 bits per heavy atom. The summed E-state index contributed by atoms with van der Waals surface area (Å²) in [6.45, 7) is 0.201. The molecule has 0 spiro atoms. The van der Waals surface area contributed by atoms with Gasteiger partial charge in [0, 0.05) is 33.0 Å². The lowest BCUT2D eigenvalue weighted by molar-refractivity contribution is -0.150. The van der Waals surface area contributed by atoms with Crippen LogP contribution in [-0.4, -0.2) is 54.0 Å². The molecule has 8 heteroatoms. The average molecular weight is 334 g/mol. The van der Waals surface area contributed by atoms with Crippen LogP contribution in [0.3, 0.4) is 0 Å². The molecule has 0 atom stereocenters. The zero-order chi connectivity index (χ0) is 16.7. The van der Waals surface area contributed by atoms with Crippen LogP contribution in [0.4, 0.5) is 5.95 Å². The molecule has 0 aliphatic rings. The summed E-state index contributed by atoms with van der Waals surface area (Å²) in [5.41, 5.74) is 1.05. The summed E-state index contributed by atoms with van der Waals surface area (Å²) in [4.78, 5) is 34.9. The number of carbonyl (C=O) groups excluding carboxylic acids is 2. The van der Waals surface area contributed by atoms with Crippen LogP contribution in [0.1, 0.15) is 5.56 Å². The molecule has 122 valence electrons. The van der Waals surface area contributed by atoms with Crippen molar-refractivity contribution in [3.05, 3.63) is 40.8 Å². The minimum absolute atomic E-state index is 0.0223. The van der Waals surface area contributed by atoms with Crippen molar-refractivity contribution in [3.63, 3.8) is 0 Å². The maximum atomic E-state index is 11.9. The van der Waals surface area contributed by atoms with Gasteiger partial charge in [-0.05, 0) is 28.5 Å². The Morgan fingerprint density at radius 3 is 2.65 bits per heavy atom. The summed E-state index contributed by atoms with van der Waals surface area (Å²) in [7, 11) is 3.36. The van der Waals surface area contributed by atoms with Crippen LogP contribution >= 0.6 is 11.3 Å². The molecule has 1 amide bonds. The predicted molar refractivity (Wildman–Crippen MR) is 87.1 cm³/mol. The number of amides is 1. The molecule has 0 bridgehead atoms. The van der Waals surface area contributed by atoms with Gasteiger partial charge in [-0.15, -0.1) is 0 Å². The molecule has 2 aromatic rings. The highest BCUT2D eigenvalue weighted by Crippen LogP contribution is 2.08. The van der Waals surface area contributed by atoms with Gasteiger partial charge < -0.3 is 14.5 Å². The second kappa shape index (κ2) is 8.23. The predicted octanol–water partition coefficient (Wildman–Crippen LogP) is 1.18. The number of hydrogen-bond acceptors (Lipinski definition) is 7. The quantitative estimate of drug-likeness (QED) is 0.708. The van der Waals surface area contributed by atoms with E-state index in [0.29, 0.717) is 12.5 Å². The molecule has 2 aromatic heterocycles. The number of aromatic nitrogens is 2. The van der Waals surface area contributed by atoms with Crippen LogP contribution in [-0.2, 0) is 20.9 Å². The molecule has 2 rings (SSSR count). The molecule has 0 fully saturated rings. The van der Waals surface area contributed by atoms with Crippen molar-refractivity contribution in [2.75, 3.05) is 32.1 Å². The lowest BCUT2D eigenvalue weighted by Crippen LogP contribution is -2.33. The number of esters is 1. The summed E-state index contributed by atoms with van der Waals surface area (Å²) in [5, 5.41) is 3.93. The molecule has 0 saturated heterocycles. The summed E-state index contributed by atoms with van der Waals surface area (Å²) >= 11 is 1.58. The highest BCUT2D eigenvalue weighted by Gasteiger charge is 2.15. The van der Waals surface area contributed by atoms with Gasteiger partial charge in [-0.3, -0.25) is 9.59 Å². The minimum atomic E-state index is -0.503. The first-order chi connectivity index (χ1) is 11.1. The van der Waals surface area contributed by atoms with Gasteiger partial charge in [0.1, 0.15) is 6.54 Å².